The minimum atomic E-state index is -0.731. The lowest BCUT2D eigenvalue weighted by Crippen LogP contribution is -2.27. The molecule has 2 aliphatic rings. The van der Waals surface area contributed by atoms with Crippen molar-refractivity contribution in [2.45, 2.75) is 25.0 Å². The summed E-state index contributed by atoms with van der Waals surface area (Å²) >= 11 is 0. The van der Waals surface area contributed by atoms with Gasteiger partial charge in [0, 0.05) is 12.8 Å². The maximum atomic E-state index is 10.6. The predicted molar refractivity (Wildman–Crippen MR) is 39.6 cm³/mol. The van der Waals surface area contributed by atoms with Crippen molar-refractivity contribution >= 4 is 5.97 Å². The predicted octanol–water partition coefficient (Wildman–Crippen LogP) is 0.614. The van der Waals surface area contributed by atoms with Gasteiger partial charge in [0.1, 0.15) is 0 Å². The van der Waals surface area contributed by atoms with E-state index in [9.17, 15) is 4.79 Å². The molecule has 1 saturated heterocycles. The van der Waals surface area contributed by atoms with Crippen LogP contribution >= 0.6 is 0 Å². The molecule has 1 N–H and O–H groups in total. The first kappa shape index (κ1) is 8.01. The molecule has 1 unspecified atom stereocenters. The van der Waals surface area contributed by atoms with E-state index in [4.69, 9.17) is 14.6 Å². The van der Waals surface area contributed by atoms with Gasteiger partial charge in [0.05, 0.1) is 19.1 Å². The molecule has 1 spiro atoms. The maximum Gasteiger partial charge on any atom is 0.306 e. The van der Waals surface area contributed by atoms with Crippen molar-refractivity contribution in [1.82, 2.24) is 0 Å². The first-order valence-corrected chi connectivity index (χ1v) is 4.23. The number of hydrogen-bond acceptors (Lipinski definition) is 3. The van der Waals surface area contributed by atoms with Gasteiger partial charge >= 0.3 is 5.97 Å². The van der Waals surface area contributed by atoms with Gasteiger partial charge in [-0.3, -0.25) is 4.79 Å². The molecule has 0 aromatic heterocycles. The largest absolute Gasteiger partial charge is 0.481 e. The molecule has 0 bridgehead atoms. The van der Waals surface area contributed by atoms with Crippen LogP contribution in [0.15, 0.2) is 0 Å². The van der Waals surface area contributed by atoms with E-state index < -0.39 is 11.8 Å². The lowest BCUT2D eigenvalue weighted by molar-refractivity contribution is -0.159. The van der Waals surface area contributed by atoms with Crippen LogP contribution in [0.4, 0.5) is 0 Å². The van der Waals surface area contributed by atoms with Crippen molar-refractivity contribution < 1.29 is 19.4 Å². The summed E-state index contributed by atoms with van der Waals surface area (Å²) in [4.78, 5) is 10.6. The minimum absolute atomic E-state index is 0.275. The fraction of sp³-hybridized carbons (Fsp3) is 0.875. The Morgan fingerprint density at radius 2 is 2.08 bits per heavy atom. The van der Waals surface area contributed by atoms with E-state index in [1.807, 2.05) is 0 Å². The zero-order chi connectivity index (χ0) is 8.60. The third kappa shape index (κ3) is 1.21. The zero-order valence-electron chi connectivity index (χ0n) is 6.78. The van der Waals surface area contributed by atoms with Crippen LogP contribution in [0.5, 0.6) is 0 Å². The summed E-state index contributed by atoms with van der Waals surface area (Å²) < 4.78 is 10.8. The van der Waals surface area contributed by atoms with Crippen LogP contribution in [0, 0.1) is 5.92 Å². The number of carboxylic acid groups (broad SMARTS) is 1. The second-order valence-electron chi connectivity index (χ2n) is 3.39. The molecule has 1 saturated carbocycles. The number of carbonyl (C=O) groups is 1. The van der Waals surface area contributed by atoms with Crippen molar-refractivity contribution in [3.05, 3.63) is 0 Å². The van der Waals surface area contributed by atoms with E-state index in [1.165, 1.54) is 0 Å². The van der Waals surface area contributed by atoms with E-state index in [2.05, 4.69) is 0 Å². The molecule has 1 aliphatic carbocycles. The highest BCUT2D eigenvalue weighted by atomic mass is 16.7. The molecule has 1 atom stereocenters. The summed E-state index contributed by atoms with van der Waals surface area (Å²) in [6.07, 6.45) is 1.92. The van der Waals surface area contributed by atoms with Gasteiger partial charge in [-0.25, -0.2) is 0 Å². The molecule has 68 valence electrons. The van der Waals surface area contributed by atoms with Gasteiger partial charge in [-0.15, -0.1) is 0 Å². The van der Waals surface area contributed by atoms with Crippen molar-refractivity contribution in [2.75, 3.05) is 13.2 Å². The Labute approximate surface area is 70.5 Å². The van der Waals surface area contributed by atoms with Gasteiger partial charge in [-0.05, 0) is 6.42 Å². The lowest BCUT2D eigenvalue weighted by Gasteiger charge is -2.20. The average Bonchev–Trinajstić information content (AvgIpc) is 2.62. The zero-order valence-corrected chi connectivity index (χ0v) is 6.78. The molecule has 2 rings (SSSR count). The molecule has 4 heteroatoms. The highest BCUT2D eigenvalue weighted by Gasteiger charge is 2.46. The number of carboxylic acids is 1. The van der Waals surface area contributed by atoms with Crippen molar-refractivity contribution in [1.29, 1.82) is 0 Å². The number of hydrogen-bond donors (Lipinski definition) is 1. The third-order valence-electron chi connectivity index (χ3n) is 2.59. The van der Waals surface area contributed by atoms with Crippen molar-refractivity contribution in [3.8, 4) is 0 Å². The summed E-state index contributed by atoms with van der Waals surface area (Å²) in [7, 11) is 0. The van der Waals surface area contributed by atoms with E-state index in [-0.39, 0.29) is 5.92 Å². The van der Waals surface area contributed by atoms with Crippen LogP contribution in [0.25, 0.3) is 0 Å². The molecule has 1 heterocycles. The maximum absolute atomic E-state index is 10.6. The van der Waals surface area contributed by atoms with Crippen molar-refractivity contribution in [3.63, 3.8) is 0 Å². The highest BCUT2D eigenvalue weighted by Crippen LogP contribution is 2.40. The second-order valence-corrected chi connectivity index (χ2v) is 3.39. The van der Waals surface area contributed by atoms with Crippen LogP contribution in [-0.2, 0) is 14.3 Å². The first-order valence-electron chi connectivity index (χ1n) is 4.23. The summed E-state index contributed by atoms with van der Waals surface area (Å²) in [5, 5.41) is 8.75. The van der Waals surface area contributed by atoms with Crippen molar-refractivity contribution in [2.24, 2.45) is 5.92 Å². The first-order chi connectivity index (χ1) is 5.72. The monoisotopic (exact) mass is 172 g/mol. The molecule has 12 heavy (non-hydrogen) atoms. The molecule has 1 aliphatic heterocycles. The van der Waals surface area contributed by atoms with E-state index >= 15 is 0 Å². The van der Waals surface area contributed by atoms with Gasteiger partial charge in [0.2, 0.25) is 0 Å². The normalized spacial score (nSPS) is 32.8. The fourth-order valence-corrected chi connectivity index (χ4v) is 1.94. The summed E-state index contributed by atoms with van der Waals surface area (Å²) in [5.74, 6) is -1.54. The second kappa shape index (κ2) is 2.71. The Hall–Kier alpha value is -0.610. The summed E-state index contributed by atoms with van der Waals surface area (Å²) in [6.45, 7) is 1.21. The number of aliphatic carboxylic acids is 1. The SMILES string of the molecule is O=C(O)C1CCC2(C1)OCCO2. The molecular formula is C8H12O4. The van der Waals surface area contributed by atoms with Crippen LogP contribution < -0.4 is 0 Å². The quantitative estimate of drug-likeness (QED) is 0.629. The van der Waals surface area contributed by atoms with Crippen LogP contribution in [0.1, 0.15) is 19.3 Å². The Morgan fingerprint density at radius 1 is 1.42 bits per heavy atom. The van der Waals surface area contributed by atoms with Gasteiger partial charge < -0.3 is 14.6 Å². The smallest absolute Gasteiger partial charge is 0.306 e. The van der Waals surface area contributed by atoms with Crippen LogP contribution in [0.3, 0.4) is 0 Å². The van der Waals surface area contributed by atoms with E-state index in [1.54, 1.807) is 0 Å². The Bertz CT molecular complexity index is 195. The molecule has 4 nitrogen and oxygen atoms in total. The fourth-order valence-electron chi connectivity index (χ4n) is 1.94. The van der Waals surface area contributed by atoms with Gasteiger partial charge in [-0.2, -0.15) is 0 Å². The standard InChI is InChI=1S/C8H12O4/c9-7(10)6-1-2-8(5-6)11-3-4-12-8/h6H,1-5H2,(H,9,10). The Morgan fingerprint density at radius 3 is 2.58 bits per heavy atom. The third-order valence-corrected chi connectivity index (χ3v) is 2.59. The molecular weight excluding hydrogens is 160 g/mol. The Kier molecular flexibility index (Phi) is 1.81. The van der Waals surface area contributed by atoms with Crippen LogP contribution in [0.2, 0.25) is 0 Å². The average molecular weight is 172 g/mol. The number of ether oxygens (including phenoxy) is 2. The molecule has 0 amide bonds. The molecule has 0 aromatic rings. The van der Waals surface area contributed by atoms with Gasteiger partial charge in [-0.1, -0.05) is 0 Å². The number of rotatable bonds is 1. The minimum Gasteiger partial charge on any atom is -0.481 e. The summed E-state index contributed by atoms with van der Waals surface area (Å²) in [5.41, 5.74) is 0. The van der Waals surface area contributed by atoms with E-state index in [0.717, 1.165) is 6.42 Å². The van der Waals surface area contributed by atoms with Crippen LogP contribution in [-0.4, -0.2) is 30.1 Å². The topological polar surface area (TPSA) is 55.8 Å². The Balaban J connectivity index is 2.01. The molecule has 0 aromatic carbocycles. The lowest BCUT2D eigenvalue weighted by atomic mass is 10.1. The molecule has 2 fully saturated rings. The highest BCUT2D eigenvalue weighted by molar-refractivity contribution is 5.70. The van der Waals surface area contributed by atoms with Gasteiger partial charge in [0.15, 0.2) is 5.79 Å². The summed E-state index contributed by atoms with van der Waals surface area (Å²) in [6, 6.07) is 0. The van der Waals surface area contributed by atoms with Gasteiger partial charge in [0.25, 0.3) is 0 Å². The molecule has 0 radical (unpaired) electrons. The van der Waals surface area contributed by atoms with E-state index in [0.29, 0.717) is 26.1 Å².